The van der Waals surface area contributed by atoms with Crippen molar-refractivity contribution in [1.29, 1.82) is 0 Å². The summed E-state index contributed by atoms with van der Waals surface area (Å²) < 4.78 is 4.87. The van der Waals surface area contributed by atoms with E-state index in [9.17, 15) is 0 Å². The molecule has 8 aromatic carbocycles. The van der Waals surface area contributed by atoms with Gasteiger partial charge >= 0.3 is 0 Å². The Morgan fingerprint density at radius 3 is 1.94 bits per heavy atom. The molecule has 4 heteroatoms. The molecule has 4 nitrogen and oxygen atoms in total. The monoisotopic (exact) mass is 634 g/mol. The van der Waals surface area contributed by atoms with Gasteiger partial charge in [0.15, 0.2) is 5.82 Å². The van der Waals surface area contributed by atoms with Gasteiger partial charge in [-0.1, -0.05) is 121 Å². The van der Waals surface area contributed by atoms with Gasteiger partial charge in [0.05, 0.1) is 38.6 Å². The second-order valence-electron chi connectivity index (χ2n) is 13.3. The van der Waals surface area contributed by atoms with E-state index in [1.807, 2.05) is 0 Å². The van der Waals surface area contributed by atoms with E-state index in [4.69, 9.17) is 9.97 Å². The van der Waals surface area contributed by atoms with E-state index in [-0.39, 0.29) is 0 Å². The Labute approximate surface area is 285 Å². The maximum atomic E-state index is 5.58. The highest BCUT2D eigenvalue weighted by molar-refractivity contribution is 6.35. The molecule has 0 fully saturated rings. The molecule has 12 rings (SSSR count). The standard InChI is InChI=1S/C46H26N4/c1-2-13-28(14-3-1)43-46(48-44-31-17-7-4-12-27(31)24-25-35(44)47-43)50-37-21-10-19-32-34-26-29-15-5-6-16-30(29)40-33-18-8-9-20-36(33)49(45(34)40)38-22-11-23-39(50)42(38)41(32)37/h1-26H. The lowest BCUT2D eigenvalue weighted by Crippen LogP contribution is -2.04. The molecule has 0 aliphatic heterocycles. The SMILES string of the molecule is c1ccc(-c2nc3ccc4ccccc4c3nc2-n2c3cccc4c5cc6ccccc6c6c7ccccc7n(c7cccc2c7c43)c56)cc1. The zero-order valence-corrected chi connectivity index (χ0v) is 26.8. The van der Waals surface area contributed by atoms with Crippen LogP contribution in [0.15, 0.2) is 158 Å². The quantitative estimate of drug-likeness (QED) is 0.177. The van der Waals surface area contributed by atoms with Crippen LogP contribution in [0.1, 0.15) is 0 Å². The fourth-order valence-corrected chi connectivity index (χ4v) is 8.75. The van der Waals surface area contributed by atoms with Gasteiger partial charge in [0.2, 0.25) is 0 Å². The Bertz CT molecular complexity index is 3370. The molecular weight excluding hydrogens is 609 g/mol. The Kier molecular flexibility index (Phi) is 4.94. The molecule has 230 valence electrons. The second-order valence-corrected chi connectivity index (χ2v) is 13.3. The molecule has 0 bridgehead atoms. The normalized spacial score (nSPS) is 12.4. The molecule has 0 radical (unpaired) electrons. The highest BCUT2D eigenvalue weighted by Crippen LogP contribution is 2.46. The van der Waals surface area contributed by atoms with Gasteiger partial charge in [-0.25, -0.2) is 9.97 Å². The van der Waals surface area contributed by atoms with Crippen molar-refractivity contribution in [1.82, 2.24) is 18.9 Å². The molecule has 4 heterocycles. The van der Waals surface area contributed by atoms with Crippen LogP contribution in [0.3, 0.4) is 0 Å². The molecule has 0 saturated heterocycles. The third-order valence-corrected chi connectivity index (χ3v) is 10.8. The van der Waals surface area contributed by atoms with Crippen LogP contribution < -0.4 is 0 Å². The Morgan fingerprint density at radius 1 is 0.400 bits per heavy atom. The summed E-state index contributed by atoms with van der Waals surface area (Å²) in [4.78, 5) is 11.0. The van der Waals surface area contributed by atoms with Crippen molar-refractivity contribution in [3.05, 3.63) is 158 Å². The maximum absolute atomic E-state index is 5.58. The van der Waals surface area contributed by atoms with E-state index in [0.717, 1.165) is 49.9 Å². The van der Waals surface area contributed by atoms with Crippen LogP contribution in [0.4, 0.5) is 0 Å². The van der Waals surface area contributed by atoms with Crippen molar-refractivity contribution in [2.75, 3.05) is 0 Å². The fraction of sp³-hybridized carbons (Fsp3) is 0. The van der Waals surface area contributed by atoms with Crippen molar-refractivity contribution in [2.24, 2.45) is 0 Å². The third kappa shape index (κ3) is 3.25. The molecule has 50 heavy (non-hydrogen) atoms. The predicted octanol–water partition coefficient (Wildman–Crippen LogP) is 11.9. The number of rotatable bonds is 2. The third-order valence-electron chi connectivity index (χ3n) is 10.8. The van der Waals surface area contributed by atoms with Crippen LogP contribution in [0.25, 0.3) is 110 Å². The van der Waals surface area contributed by atoms with Crippen molar-refractivity contribution >= 4 is 92.5 Å². The van der Waals surface area contributed by atoms with Gasteiger partial charge in [-0.15, -0.1) is 0 Å². The first kappa shape index (κ1) is 26.2. The molecule has 0 atom stereocenters. The zero-order valence-electron chi connectivity index (χ0n) is 26.8. The number of hydrogen-bond donors (Lipinski definition) is 0. The number of nitrogens with zero attached hydrogens (tertiary/aromatic N) is 4. The molecule has 0 saturated carbocycles. The lowest BCUT2D eigenvalue weighted by molar-refractivity contribution is 1.08. The Hall–Kier alpha value is -6.78. The molecule has 0 amide bonds. The van der Waals surface area contributed by atoms with Crippen LogP contribution >= 0.6 is 0 Å². The van der Waals surface area contributed by atoms with Gasteiger partial charge in [-0.05, 0) is 57.9 Å². The lowest BCUT2D eigenvalue weighted by Gasteiger charge is -2.15. The highest BCUT2D eigenvalue weighted by Gasteiger charge is 2.25. The number of aromatic nitrogens is 4. The molecule has 0 N–H and O–H groups in total. The topological polar surface area (TPSA) is 35.1 Å². The van der Waals surface area contributed by atoms with Crippen LogP contribution in [0, 0.1) is 0 Å². The summed E-state index contributed by atoms with van der Waals surface area (Å²) in [5, 5.41) is 12.3. The summed E-state index contributed by atoms with van der Waals surface area (Å²) in [6.07, 6.45) is 0. The number of para-hydroxylation sites is 1. The summed E-state index contributed by atoms with van der Waals surface area (Å²) in [6.45, 7) is 0. The smallest absolute Gasteiger partial charge is 0.165 e. The predicted molar refractivity (Wildman–Crippen MR) is 209 cm³/mol. The molecule has 0 unspecified atom stereocenters. The van der Waals surface area contributed by atoms with E-state index < -0.39 is 0 Å². The largest absolute Gasteiger partial charge is 0.308 e. The van der Waals surface area contributed by atoms with Gasteiger partial charge in [0, 0.05) is 37.9 Å². The first-order valence-electron chi connectivity index (χ1n) is 17.1. The Balaban J connectivity index is 1.35. The first-order valence-corrected chi connectivity index (χ1v) is 17.1. The average Bonchev–Trinajstić information content (AvgIpc) is 3.67. The van der Waals surface area contributed by atoms with Crippen molar-refractivity contribution in [3.8, 4) is 17.1 Å². The van der Waals surface area contributed by atoms with Crippen molar-refractivity contribution in [2.45, 2.75) is 0 Å². The van der Waals surface area contributed by atoms with E-state index >= 15 is 0 Å². The van der Waals surface area contributed by atoms with E-state index in [2.05, 4.69) is 167 Å². The van der Waals surface area contributed by atoms with Gasteiger partial charge < -0.3 is 4.40 Å². The minimum atomic E-state index is 0.830. The summed E-state index contributed by atoms with van der Waals surface area (Å²) in [5.74, 6) is 0.830. The molecule has 0 aliphatic carbocycles. The van der Waals surface area contributed by atoms with Gasteiger partial charge in [0.1, 0.15) is 5.69 Å². The van der Waals surface area contributed by atoms with Crippen LogP contribution in [-0.2, 0) is 0 Å². The lowest BCUT2D eigenvalue weighted by atomic mass is 9.98. The van der Waals surface area contributed by atoms with Crippen LogP contribution in [-0.4, -0.2) is 18.9 Å². The van der Waals surface area contributed by atoms with Crippen molar-refractivity contribution in [3.63, 3.8) is 0 Å². The van der Waals surface area contributed by atoms with Crippen LogP contribution in [0.5, 0.6) is 0 Å². The second kappa shape index (κ2) is 9.43. The minimum Gasteiger partial charge on any atom is -0.308 e. The fourth-order valence-electron chi connectivity index (χ4n) is 8.75. The van der Waals surface area contributed by atoms with Crippen LogP contribution in [0.2, 0.25) is 0 Å². The van der Waals surface area contributed by atoms with Gasteiger partial charge in [-0.3, -0.25) is 4.57 Å². The zero-order chi connectivity index (χ0) is 32.5. The molecular formula is C46H26N4. The number of fused-ring (bicyclic) bond motifs is 10. The van der Waals surface area contributed by atoms with E-state index in [1.54, 1.807) is 0 Å². The number of benzene rings is 8. The number of hydrogen-bond acceptors (Lipinski definition) is 2. The summed E-state index contributed by atoms with van der Waals surface area (Å²) >= 11 is 0. The molecule has 0 aliphatic rings. The minimum absolute atomic E-state index is 0.830. The highest BCUT2D eigenvalue weighted by atomic mass is 15.1. The Morgan fingerprint density at radius 2 is 1.06 bits per heavy atom. The van der Waals surface area contributed by atoms with E-state index in [1.165, 1.54) is 59.6 Å². The summed E-state index contributed by atoms with van der Waals surface area (Å²) in [5.41, 5.74) is 9.57. The average molecular weight is 635 g/mol. The van der Waals surface area contributed by atoms with E-state index in [0.29, 0.717) is 0 Å². The van der Waals surface area contributed by atoms with Gasteiger partial charge in [0.25, 0.3) is 0 Å². The van der Waals surface area contributed by atoms with Gasteiger partial charge in [-0.2, -0.15) is 0 Å². The maximum Gasteiger partial charge on any atom is 0.165 e. The van der Waals surface area contributed by atoms with Crippen molar-refractivity contribution < 1.29 is 0 Å². The molecule has 12 aromatic rings. The summed E-state index contributed by atoms with van der Waals surface area (Å²) in [6, 6.07) is 56.8. The first-order chi connectivity index (χ1) is 24.8. The molecule has 4 aromatic heterocycles. The summed E-state index contributed by atoms with van der Waals surface area (Å²) in [7, 11) is 0. The molecule has 0 spiro atoms.